The van der Waals surface area contributed by atoms with E-state index in [9.17, 15) is 4.79 Å². The summed E-state index contributed by atoms with van der Waals surface area (Å²) in [6.45, 7) is 2.04. The third-order valence-electron chi connectivity index (χ3n) is 6.00. The van der Waals surface area contributed by atoms with Gasteiger partial charge in [0.15, 0.2) is 11.0 Å². The third kappa shape index (κ3) is 5.93. The maximum Gasteiger partial charge on any atom is 0.186 e. The van der Waals surface area contributed by atoms with Gasteiger partial charge >= 0.3 is 0 Å². The molecule has 0 spiro atoms. The van der Waals surface area contributed by atoms with E-state index in [0.29, 0.717) is 16.3 Å². The standard InChI is InChI=1S/C30H21Br2ClN2OS/c1-19-18-37-30-34-26(16-6-20-2-10-23(31)11-3-20)28(27(36)17-7-21-4-12-24(32)13-5-21)29(35(19)30)22-8-14-25(33)15-9-22/h2-18,29H,1H3/b16-6+,17-7+. The van der Waals surface area contributed by atoms with Gasteiger partial charge in [0.05, 0.1) is 17.3 Å². The lowest BCUT2D eigenvalue weighted by Crippen LogP contribution is -2.35. The Morgan fingerprint density at radius 2 is 1.49 bits per heavy atom. The van der Waals surface area contributed by atoms with Crippen LogP contribution in [0.25, 0.3) is 12.2 Å². The van der Waals surface area contributed by atoms with Crippen molar-refractivity contribution in [2.24, 2.45) is 4.99 Å². The number of halogens is 3. The number of ketones is 1. The van der Waals surface area contributed by atoms with Crippen molar-refractivity contribution in [3.63, 3.8) is 0 Å². The molecular weight excluding hydrogens is 632 g/mol. The van der Waals surface area contributed by atoms with Gasteiger partial charge in [-0.15, -0.1) is 0 Å². The summed E-state index contributed by atoms with van der Waals surface area (Å²) in [5.74, 6) is -0.0918. The Balaban J connectivity index is 1.63. The topological polar surface area (TPSA) is 32.7 Å². The van der Waals surface area contributed by atoms with Gasteiger partial charge in [-0.25, -0.2) is 4.99 Å². The second-order valence-corrected chi connectivity index (χ2v) is 11.6. The van der Waals surface area contributed by atoms with Crippen molar-refractivity contribution in [3.05, 3.63) is 138 Å². The summed E-state index contributed by atoms with van der Waals surface area (Å²) in [4.78, 5) is 21.0. The number of benzene rings is 3. The van der Waals surface area contributed by atoms with Gasteiger partial charge in [-0.2, -0.15) is 0 Å². The molecule has 0 saturated carbocycles. The minimum absolute atomic E-state index is 0.0918. The molecule has 2 heterocycles. The van der Waals surface area contributed by atoms with E-state index in [1.54, 1.807) is 17.8 Å². The van der Waals surface area contributed by atoms with E-state index >= 15 is 0 Å². The summed E-state index contributed by atoms with van der Waals surface area (Å²) in [6, 6.07) is 23.2. The molecule has 2 aliphatic rings. The average Bonchev–Trinajstić information content (AvgIpc) is 3.27. The Labute approximate surface area is 242 Å². The number of thioether (sulfide) groups is 1. The van der Waals surface area contributed by atoms with Crippen molar-refractivity contribution < 1.29 is 4.79 Å². The molecule has 3 aromatic rings. The predicted octanol–water partition coefficient (Wildman–Crippen LogP) is 9.44. The van der Waals surface area contributed by atoms with Crippen LogP contribution >= 0.6 is 55.2 Å². The summed E-state index contributed by atoms with van der Waals surface area (Å²) in [5, 5.41) is 3.57. The number of hydrogen-bond donors (Lipinski definition) is 0. The first-order valence-electron chi connectivity index (χ1n) is 11.5. The molecule has 0 aliphatic carbocycles. The van der Waals surface area contributed by atoms with Crippen molar-refractivity contribution in [1.82, 2.24) is 4.90 Å². The predicted molar refractivity (Wildman–Crippen MR) is 163 cm³/mol. The van der Waals surface area contributed by atoms with E-state index in [1.165, 1.54) is 0 Å². The van der Waals surface area contributed by atoms with Crippen LogP contribution in [0, 0.1) is 0 Å². The zero-order valence-corrected chi connectivity index (χ0v) is 24.5. The molecule has 2 aliphatic heterocycles. The summed E-state index contributed by atoms with van der Waals surface area (Å²) in [7, 11) is 0. The number of allylic oxidation sites excluding steroid dienone is 3. The highest BCUT2D eigenvalue weighted by Gasteiger charge is 2.38. The SMILES string of the molecule is CC1=CSC2=NC(/C=C/c3ccc(Br)cc3)=C(C(=O)/C=C/c3ccc(Br)cc3)C(c3ccc(Cl)cc3)N12. The molecule has 3 aromatic carbocycles. The number of aliphatic imine (C=N–C) groups is 1. The highest BCUT2D eigenvalue weighted by atomic mass is 79.9. The molecule has 1 atom stereocenters. The number of hydrogen-bond acceptors (Lipinski definition) is 4. The van der Waals surface area contributed by atoms with E-state index in [2.05, 4.69) is 42.2 Å². The van der Waals surface area contributed by atoms with Crippen molar-refractivity contribution in [3.8, 4) is 0 Å². The van der Waals surface area contributed by atoms with Gasteiger partial charge in [-0.05, 0) is 77.6 Å². The number of nitrogens with zero attached hydrogens (tertiary/aromatic N) is 2. The maximum atomic E-state index is 13.9. The van der Waals surface area contributed by atoms with Crippen molar-refractivity contribution in [1.29, 1.82) is 0 Å². The normalized spacial score (nSPS) is 17.4. The van der Waals surface area contributed by atoms with Gasteiger partial charge in [0.2, 0.25) is 0 Å². The van der Waals surface area contributed by atoms with Crippen LogP contribution in [0.2, 0.25) is 5.02 Å². The first-order valence-corrected chi connectivity index (χ1v) is 14.4. The average molecular weight is 653 g/mol. The zero-order valence-electron chi connectivity index (χ0n) is 19.7. The smallest absolute Gasteiger partial charge is 0.186 e. The van der Waals surface area contributed by atoms with E-state index in [-0.39, 0.29) is 11.8 Å². The largest absolute Gasteiger partial charge is 0.312 e. The van der Waals surface area contributed by atoms with Gasteiger partial charge in [0, 0.05) is 19.7 Å². The Bertz CT molecular complexity index is 1490. The summed E-state index contributed by atoms with van der Waals surface area (Å²) in [5.41, 5.74) is 5.24. The second kappa shape index (κ2) is 11.4. The lowest BCUT2D eigenvalue weighted by Gasteiger charge is -2.35. The van der Waals surface area contributed by atoms with Gasteiger partial charge in [-0.3, -0.25) is 4.79 Å². The van der Waals surface area contributed by atoms with Crippen molar-refractivity contribution in [2.45, 2.75) is 13.0 Å². The first kappa shape index (κ1) is 26.0. The molecule has 0 fully saturated rings. The van der Waals surface area contributed by atoms with Crippen LogP contribution in [-0.2, 0) is 4.79 Å². The number of carbonyl (C=O) groups excluding carboxylic acids is 1. The quantitative estimate of drug-likeness (QED) is 0.249. The monoisotopic (exact) mass is 650 g/mol. The lowest BCUT2D eigenvalue weighted by molar-refractivity contribution is -0.111. The molecule has 0 N–H and O–H groups in total. The fourth-order valence-corrected chi connectivity index (χ4v) is 5.72. The number of fused-ring (bicyclic) bond motifs is 1. The van der Waals surface area contributed by atoms with E-state index in [1.807, 2.05) is 97.9 Å². The third-order valence-corrected chi connectivity index (χ3v) is 8.26. The molecule has 1 unspecified atom stereocenters. The molecule has 37 heavy (non-hydrogen) atoms. The number of rotatable bonds is 6. The Morgan fingerprint density at radius 1 is 0.892 bits per heavy atom. The van der Waals surface area contributed by atoms with Crippen LogP contribution in [0.15, 0.2) is 121 Å². The molecule has 0 radical (unpaired) electrons. The number of carbonyl (C=O) groups is 1. The molecule has 0 aromatic heterocycles. The minimum atomic E-state index is -0.331. The van der Waals surface area contributed by atoms with Gasteiger partial charge in [0.1, 0.15) is 0 Å². The van der Waals surface area contributed by atoms with Crippen LogP contribution in [0.5, 0.6) is 0 Å². The van der Waals surface area contributed by atoms with E-state index < -0.39 is 0 Å². The van der Waals surface area contributed by atoms with Crippen LogP contribution in [0.4, 0.5) is 0 Å². The Morgan fingerprint density at radius 3 is 2.11 bits per heavy atom. The van der Waals surface area contributed by atoms with E-state index in [4.69, 9.17) is 16.6 Å². The van der Waals surface area contributed by atoms with Crippen LogP contribution in [0.3, 0.4) is 0 Å². The summed E-state index contributed by atoms with van der Waals surface area (Å²) in [6.07, 6.45) is 7.41. The molecule has 184 valence electrons. The van der Waals surface area contributed by atoms with Gasteiger partial charge in [0.25, 0.3) is 0 Å². The van der Waals surface area contributed by atoms with Crippen LogP contribution in [0.1, 0.15) is 29.7 Å². The van der Waals surface area contributed by atoms with Crippen LogP contribution < -0.4 is 0 Å². The molecule has 0 amide bonds. The van der Waals surface area contributed by atoms with Crippen LogP contribution in [-0.4, -0.2) is 15.9 Å². The minimum Gasteiger partial charge on any atom is -0.312 e. The molecule has 7 heteroatoms. The Hall–Kier alpha value is -2.64. The molecule has 5 rings (SSSR count). The van der Waals surface area contributed by atoms with E-state index in [0.717, 1.165) is 36.5 Å². The number of amidine groups is 1. The highest BCUT2D eigenvalue weighted by Crippen LogP contribution is 2.44. The lowest BCUT2D eigenvalue weighted by atomic mass is 9.90. The van der Waals surface area contributed by atoms with Crippen molar-refractivity contribution >= 4 is 78.3 Å². The van der Waals surface area contributed by atoms with Gasteiger partial charge < -0.3 is 4.90 Å². The molecular formula is C30H21Br2ClN2OS. The Kier molecular flexibility index (Phi) is 8.01. The zero-order chi connectivity index (χ0) is 25.9. The van der Waals surface area contributed by atoms with Gasteiger partial charge in [-0.1, -0.05) is 104 Å². The fourth-order valence-electron chi connectivity index (χ4n) is 4.16. The molecule has 0 saturated heterocycles. The maximum absolute atomic E-state index is 13.9. The highest BCUT2D eigenvalue weighted by molar-refractivity contribution is 9.10. The molecule has 3 nitrogen and oxygen atoms in total. The first-order chi connectivity index (χ1) is 17.9. The van der Waals surface area contributed by atoms with Crippen molar-refractivity contribution in [2.75, 3.05) is 0 Å². The fraction of sp³-hybridized carbons (Fsp3) is 0.0667. The summed E-state index contributed by atoms with van der Waals surface area (Å²) < 4.78 is 2.00. The molecule has 0 bridgehead atoms. The second-order valence-electron chi connectivity index (χ2n) is 8.53. The summed E-state index contributed by atoms with van der Waals surface area (Å²) >= 11 is 14.7.